The minimum atomic E-state index is -0.0874. The second kappa shape index (κ2) is 6.55. The fourth-order valence-electron chi connectivity index (χ4n) is 2.37. The molecule has 2 rings (SSSR count). The number of benzene rings is 1. The van der Waals surface area contributed by atoms with Gasteiger partial charge in [-0.3, -0.25) is 4.79 Å². The first-order valence-corrected chi connectivity index (χ1v) is 6.71. The molecule has 98 valence electrons. The minimum Gasteiger partial charge on any atom is -0.426 e. The summed E-state index contributed by atoms with van der Waals surface area (Å²) >= 11 is 0. The van der Waals surface area contributed by atoms with Gasteiger partial charge in [-0.1, -0.05) is 25.0 Å². The molecule has 0 unspecified atom stereocenters. The Morgan fingerprint density at radius 1 is 1.22 bits per heavy atom. The molecule has 1 N–H and O–H groups in total. The number of esters is 1. The Balaban J connectivity index is 1.87. The Morgan fingerprint density at radius 2 is 1.89 bits per heavy atom. The highest BCUT2D eigenvalue weighted by atomic mass is 16.5. The van der Waals surface area contributed by atoms with Crippen LogP contribution in [0.25, 0.3) is 0 Å². The molecule has 1 aromatic carbocycles. The number of ether oxygens (including phenoxy) is 1. The fraction of sp³-hybridized carbons (Fsp3) is 0.533. The molecule has 18 heavy (non-hydrogen) atoms. The number of aliphatic hydroxyl groups is 1. The molecule has 0 aliphatic heterocycles. The van der Waals surface area contributed by atoms with E-state index in [4.69, 9.17) is 9.84 Å². The lowest BCUT2D eigenvalue weighted by Gasteiger charge is -2.09. The van der Waals surface area contributed by atoms with Crippen molar-refractivity contribution in [3.8, 4) is 5.75 Å². The van der Waals surface area contributed by atoms with Gasteiger partial charge in [0, 0.05) is 6.61 Å². The molecule has 0 aromatic heterocycles. The van der Waals surface area contributed by atoms with Crippen LogP contribution in [0.1, 0.15) is 37.7 Å². The summed E-state index contributed by atoms with van der Waals surface area (Å²) in [5.74, 6) is 0.634. The number of carbonyl (C=O) groups is 1. The van der Waals surface area contributed by atoms with Crippen molar-refractivity contribution < 1.29 is 14.6 Å². The number of hydrogen-bond donors (Lipinski definition) is 1. The average molecular weight is 248 g/mol. The van der Waals surface area contributed by atoms with Gasteiger partial charge < -0.3 is 9.84 Å². The Morgan fingerprint density at radius 3 is 2.50 bits per heavy atom. The molecule has 1 saturated carbocycles. The number of rotatable bonds is 5. The lowest BCUT2D eigenvalue weighted by atomic mass is 10.1. The van der Waals surface area contributed by atoms with Crippen LogP contribution in [0.5, 0.6) is 5.75 Å². The van der Waals surface area contributed by atoms with Gasteiger partial charge in [-0.25, -0.2) is 0 Å². The molecule has 3 heteroatoms. The highest BCUT2D eigenvalue weighted by molar-refractivity contribution is 5.75. The van der Waals surface area contributed by atoms with Crippen molar-refractivity contribution in [1.29, 1.82) is 0 Å². The number of carbonyl (C=O) groups excluding carboxylic acids is 1. The summed E-state index contributed by atoms with van der Waals surface area (Å²) in [6.07, 6.45) is 5.83. The summed E-state index contributed by atoms with van der Waals surface area (Å²) in [5.41, 5.74) is 1.16. The molecule has 1 aliphatic rings. The summed E-state index contributed by atoms with van der Waals surface area (Å²) in [6.45, 7) is 0.207. The van der Waals surface area contributed by atoms with E-state index in [2.05, 4.69) is 0 Å². The maximum Gasteiger partial charge on any atom is 0.314 e. The second-order valence-corrected chi connectivity index (χ2v) is 4.87. The van der Waals surface area contributed by atoms with Crippen LogP contribution >= 0.6 is 0 Å². The van der Waals surface area contributed by atoms with Crippen molar-refractivity contribution in [2.24, 2.45) is 5.92 Å². The molecule has 0 heterocycles. The van der Waals surface area contributed by atoms with Crippen LogP contribution in [0, 0.1) is 5.92 Å². The zero-order chi connectivity index (χ0) is 12.8. The Hall–Kier alpha value is -1.35. The third-order valence-electron chi connectivity index (χ3n) is 3.45. The van der Waals surface area contributed by atoms with E-state index in [9.17, 15) is 4.79 Å². The van der Waals surface area contributed by atoms with E-state index in [1.54, 1.807) is 0 Å². The lowest BCUT2D eigenvalue weighted by Crippen LogP contribution is -2.17. The van der Waals surface area contributed by atoms with Crippen LogP contribution in [0.4, 0.5) is 0 Å². The lowest BCUT2D eigenvalue weighted by molar-refractivity contribution is -0.138. The van der Waals surface area contributed by atoms with Gasteiger partial charge in [0.2, 0.25) is 0 Å². The molecular weight excluding hydrogens is 228 g/mol. The zero-order valence-corrected chi connectivity index (χ0v) is 10.6. The van der Waals surface area contributed by atoms with Crippen molar-refractivity contribution in [1.82, 2.24) is 0 Å². The molecule has 0 atom stereocenters. The maximum absolute atomic E-state index is 11.8. The largest absolute Gasteiger partial charge is 0.426 e. The van der Waals surface area contributed by atoms with Crippen molar-refractivity contribution in [3.05, 3.63) is 29.8 Å². The van der Waals surface area contributed by atoms with Crippen molar-refractivity contribution in [3.63, 3.8) is 0 Å². The van der Waals surface area contributed by atoms with Gasteiger partial charge in [0.25, 0.3) is 0 Å². The molecule has 3 nitrogen and oxygen atoms in total. The van der Waals surface area contributed by atoms with E-state index in [-0.39, 0.29) is 18.5 Å². The van der Waals surface area contributed by atoms with Gasteiger partial charge >= 0.3 is 5.97 Å². The second-order valence-electron chi connectivity index (χ2n) is 4.87. The Labute approximate surface area is 108 Å². The van der Waals surface area contributed by atoms with Crippen LogP contribution in [0.3, 0.4) is 0 Å². The quantitative estimate of drug-likeness (QED) is 0.643. The first-order valence-electron chi connectivity index (χ1n) is 6.71. The molecule has 1 aromatic rings. The number of aryl methyl sites for hydroxylation is 1. The van der Waals surface area contributed by atoms with E-state index < -0.39 is 0 Å². The highest BCUT2D eigenvalue weighted by Crippen LogP contribution is 2.26. The van der Waals surface area contributed by atoms with Gasteiger partial charge in [-0.05, 0) is 43.4 Å². The fourth-order valence-corrected chi connectivity index (χ4v) is 2.37. The topological polar surface area (TPSA) is 46.5 Å². The molecule has 1 aliphatic carbocycles. The predicted molar refractivity (Wildman–Crippen MR) is 69.4 cm³/mol. The SMILES string of the molecule is O=C(Oc1ccc(CCCO)cc1)C1CCCC1. The van der Waals surface area contributed by atoms with E-state index >= 15 is 0 Å². The van der Waals surface area contributed by atoms with Crippen molar-refractivity contribution in [2.75, 3.05) is 6.61 Å². The van der Waals surface area contributed by atoms with E-state index in [0.717, 1.165) is 44.1 Å². The van der Waals surface area contributed by atoms with E-state index in [1.165, 1.54) is 0 Å². The maximum atomic E-state index is 11.8. The zero-order valence-electron chi connectivity index (χ0n) is 10.6. The third kappa shape index (κ3) is 3.57. The molecule has 0 radical (unpaired) electrons. The van der Waals surface area contributed by atoms with Crippen LogP contribution in [0.15, 0.2) is 24.3 Å². The van der Waals surface area contributed by atoms with E-state index in [1.807, 2.05) is 24.3 Å². The highest BCUT2D eigenvalue weighted by Gasteiger charge is 2.24. The monoisotopic (exact) mass is 248 g/mol. The molecule has 0 amide bonds. The predicted octanol–water partition coefficient (Wildman–Crippen LogP) is 2.71. The first kappa shape index (κ1) is 13.1. The van der Waals surface area contributed by atoms with Gasteiger partial charge in [-0.2, -0.15) is 0 Å². The van der Waals surface area contributed by atoms with Gasteiger partial charge in [0.15, 0.2) is 0 Å². The van der Waals surface area contributed by atoms with Crippen LogP contribution < -0.4 is 4.74 Å². The Bertz CT molecular complexity index is 377. The van der Waals surface area contributed by atoms with Crippen LogP contribution in [-0.4, -0.2) is 17.7 Å². The summed E-state index contributed by atoms with van der Waals surface area (Å²) in [6, 6.07) is 7.57. The normalized spacial score (nSPS) is 15.8. The molecule has 0 saturated heterocycles. The van der Waals surface area contributed by atoms with Gasteiger partial charge in [0.1, 0.15) is 5.75 Å². The van der Waals surface area contributed by atoms with Gasteiger partial charge in [0.05, 0.1) is 5.92 Å². The minimum absolute atomic E-state index is 0.0874. The molecule has 1 fully saturated rings. The van der Waals surface area contributed by atoms with Crippen molar-refractivity contribution >= 4 is 5.97 Å². The molecule has 0 bridgehead atoms. The molecule has 0 spiro atoms. The summed E-state index contributed by atoms with van der Waals surface area (Å²) < 4.78 is 5.37. The Kier molecular flexibility index (Phi) is 4.76. The third-order valence-corrected chi connectivity index (χ3v) is 3.45. The summed E-state index contributed by atoms with van der Waals surface area (Å²) in [5, 5.41) is 8.75. The average Bonchev–Trinajstić information content (AvgIpc) is 2.92. The van der Waals surface area contributed by atoms with Crippen molar-refractivity contribution in [2.45, 2.75) is 38.5 Å². The van der Waals surface area contributed by atoms with Crippen LogP contribution in [-0.2, 0) is 11.2 Å². The summed E-state index contributed by atoms with van der Waals surface area (Å²) in [4.78, 5) is 11.8. The van der Waals surface area contributed by atoms with E-state index in [0.29, 0.717) is 5.75 Å². The summed E-state index contributed by atoms with van der Waals surface area (Å²) in [7, 11) is 0. The standard InChI is InChI=1S/C15H20O3/c16-11-3-4-12-7-9-14(10-8-12)18-15(17)13-5-1-2-6-13/h7-10,13,16H,1-6,11H2. The van der Waals surface area contributed by atoms with Gasteiger partial charge in [-0.15, -0.1) is 0 Å². The van der Waals surface area contributed by atoms with Crippen LogP contribution in [0.2, 0.25) is 0 Å². The smallest absolute Gasteiger partial charge is 0.314 e. The number of hydrogen-bond acceptors (Lipinski definition) is 3. The first-order chi connectivity index (χ1) is 8.79. The number of aliphatic hydroxyl groups excluding tert-OH is 1. The molecular formula is C15H20O3.